The average Bonchev–Trinajstić information content (AvgIpc) is 2.40. The van der Waals surface area contributed by atoms with Crippen LogP contribution in [-0.2, 0) is 11.3 Å². The van der Waals surface area contributed by atoms with Crippen molar-refractivity contribution in [3.05, 3.63) is 35.7 Å². The summed E-state index contributed by atoms with van der Waals surface area (Å²) < 4.78 is 4.67. The van der Waals surface area contributed by atoms with Crippen molar-refractivity contribution < 1.29 is 9.53 Å². The third-order valence-electron chi connectivity index (χ3n) is 2.17. The minimum atomic E-state index is -0.799. The molecule has 0 radical (unpaired) electrons. The number of benzene rings is 1. The summed E-state index contributed by atoms with van der Waals surface area (Å²) in [5.74, 6) is 0.816. The number of aryl methyl sites for hydroxylation is 1. The number of nitrogens with zero attached hydrogens (tertiary/aromatic N) is 4. The molecule has 1 heterocycles. The molecule has 0 atom stereocenters. The van der Waals surface area contributed by atoms with Crippen LogP contribution in [0.15, 0.2) is 24.3 Å². The minimum Gasteiger partial charge on any atom is -0.445 e. The van der Waals surface area contributed by atoms with E-state index in [9.17, 15) is 4.79 Å². The number of primary amides is 1. The van der Waals surface area contributed by atoms with Gasteiger partial charge in [-0.15, -0.1) is 20.4 Å². The number of nitrogens with two attached hydrogens (primary N) is 1. The van der Waals surface area contributed by atoms with Crippen LogP contribution >= 0.6 is 0 Å². The highest BCUT2D eigenvalue weighted by atomic mass is 16.5. The van der Waals surface area contributed by atoms with Crippen LogP contribution in [0.5, 0.6) is 0 Å². The van der Waals surface area contributed by atoms with Crippen LogP contribution in [0.3, 0.4) is 0 Å². The smallest absolute Gasteiger partial charge is 0.404 e. The molecule has 2 aromatic rings. The first-order valence-corrected chi connectivity index (χ1v) is 5.45. The first-order chi connectivity index (χ1) is 9.13. The molecule has 0 spiro atoms. The van der Waals surface area contributed by atoms with Crippen molar-refractivity contribution in [2.24, 2.45) is 5.73 Å². The maximum absolute atomic E-state index is 10.5. The van der Waals surface area contributed by atoms with Gasteiger partial charge in [-0.25, -0.2) is 4.79 Å². The second-order valence-electron chi connectivity index (χ2n) is 3.70. The second-order valence-corrected chi connectivity index (χ2v) is 3.70. The van der Waals surface area contributed by atoms with Crippen molar-refractivity contribution in [2.45, 2.75) is 13.5 Å². The van der Waals surface area contributed by atoms with E-state index in [1.807, 2.05) is 0 Å². The summed E-state index contributed by atoms with van der Waals surface area (Å²) in [6.07, 6.45) is -0.799. The average molecular weight is 260 g/mol. The molecule has 3 N–H and O–H groups in total. The first-order valence-electron chi connectivity index (χ1n) is 5.45. The highest BCUT2D eigenvalue weighted by Crippen LogP contribution is 2.13. The number of amides is 1. The summed E-state index contributed by atoms with van der Waals surface area (Å²) in [5.41, 5.74) is 6.48. The Morgan fingerprint density at radius 3 is 2.42 bits per heavy atom. The molecule has 19 heavy (non-hydrogen) atoms. The van der Waals surface area contributed by atoms with Crippen molar-refractivity contribution >= 4 is 17.7 Å². The van der Waals surface area contributed by atoms with E-state index < -0.39 is 6.09 Å². The van der Waals surface area contributed by atoms with Gasteiger partial charge in [0.05, 0.1) is 0 Å². The van der Waals surface area contributed by atoms with Gasteiger partial charge in [0.15, 0.2) is 5.82 Å². The summed E-state index contributed by atoms with van der Waals surface area (Å²) in [4.78, 5) is 10.5. The summed E-state index contributed by atoms with van der Waals surface area (Å²) >= 11 is 0. The van der Waals surface area contributed by atoms with Gasteiger partial charge >= 0.3 is 6.09 Å². The molecule has 1 aromatic carbocycles. The Kier molecular flexibility index (Phi) is 3.81. The molecule has 0 unspecified atom stereocenters. The standard InChI is InChI=1S/C11H12N6O2/c1-7-14-16-11(17-15-7)13-9-4-2-8(3-5-9)6-19-10(12)18/h2-5H,6H2,1H3,(H2,12,18)(H,13,16,17). The van der Waals surface area contributed by atoms with E-state index in [-0.39, 0.29) is 6.61 Å². The van der Waals surface area contributed by atoms with Gasteiger partial charge in [-0.2, -0.15) is 0 Å². The Bertz CT molecular complexity index is 554. The molecule has 8 heteroatoms. The fraction of sp³-hybridized carbons (Fsp3) is 0.182. The highest BCUT2D eigenvalue weighted by Gasteiger charge is 2.01. The van der Waals surface area contributed by atoms with Crippen LogP contribution in [0, 0.1) is 6.92 Å². The number of hydrogen-bond donors (Lipinski definition) is 2. The molecule has 1 amide bonds. The monoisotopic (exact) mass is 260 g/mol. The van der Waals surface area contributed by atoms with Crippen LogP contribution in [0.1, 0.15) is 11.4 Å². The Hall–Kier alpha value is -2.77. The van der Waals surface area contributed by atoms with E-state index >= 15 is 0 Å². The fourth-order valence-electron chi connectivity index (χ4n) is 1.30. The summed E-state index contributed by atoms with van der Waals surface area (Å²) in [6.45, 7) is 1.84. The van der Waals surface area contributed by atoms with Gasteiger partial charge in [0.1, 0.15) is 6.61 Å². The molecule has 98 valence electrons. The quantitative estimate of drug-likeness (QED) is 0.839. The molecule has 0 aliphatic carbocycles. The highest BCUT2D eigenvalue weighted by molar-refractivity contribution is 5.64. The molecule has 0 fully saturated rings. The van der Waals surface area contributed by atoms with Gasteiger partial charge in [0, 0.05) is 5.69 Å². The Morgan fingerprint density at radius 1 is 1.21 bits per heavy atom. The molecule has 0 aliphatic rings. The number of anilines is 2. The number of carbonyl (C=O) groups excluding carboxylic acids is 1. The molecule has 0 saturated carbocycles. The van der Waals surface area contributed by atoms with E-state index in [2.05, 4.69) is 30.4 Å². The van der Waals surface area contributed by atoms with E-state index in [4.69, 9.17) is 5.73 Å². The fourth-order valence-corrected chi connectivity index (χ4v) is 1.30. The number of carbonyl (C=O) groups is 1. The van der Waals surface area contributed by atoms with Crippen LogP contribution in [0.25, 0.3) is 0 Å². The molecule has 0 bridgehead atoms. The lowest BCUT2D eigenvalue weighted by Crippen LogP contribution is -2.12. The van der Waals surface area contributed by atoms with Gasteiger partial charge in [0.2, 0.25) is 0 Å². The topological polar surface area (TPSA) is 116 Å². The Morgan fingerprint density at radius 2 is 1.84 bits per heavy atom. The minimum absolute atomic E-state index is 0.139. The SMILES string of the molecule is Cc1nnc(Nc2ccc(COC(N)=O)cc2)nn1. The van der Waals surface area contributed by atoms with Crippen LogP contribution < -0.4 is 11.1 Å². The van der Waals surface area contributed by atoms with E-state index in [0.717, 1.165) is 11.3 Å². The van der Waals surface area contributed by atoms with Crippen molar-refractivity contribution in [3.8, 4) is 0 Å². The van der Waals surface area contributed by atoms with Gasteiger partial charge in [-0.05, 0) is 24.6 Å². The molecule has 8 nitrogen and oxygen atoms in total. The number of nitrogens with one attached hydrogen (secondary N) is 1. The molecular formula is C11H12N6O2. The molecule has 0 saturated heterocycles. The van der Waals surface area contributed by atoms with E-state index in [0.29, 0.717) is 11.8 Å². The predicted molar refractivity (Wildman–Crippen MR) is 66.5 cm³/mol. The number of rotatable bonds is 4. The lowest BCUT2D eigenvalue weighted by atomic mass is 10.2. The van der Waals surface area contributed by atoms with Crippen molar-refractivity contribution in [1.29, 1.82) is 0 Å². The largest absolute Gasteiger partial charge is 0.445 e. The third-order valence-corrected chi connectivity index (χ3v) is 2.17. The zero-order valence-electron chi connectivity index (χ0n) is 10.2. The van der Waals surface area contributed by atoms with E-state index in [1.54, 1.807) is 31.2 Å². The zero-order valence-corrected chi connectivity index (χ0v) is 10.2. The summed E-state index contributed by atoms with van der Waals surface area (Å²) in [5, 5.41) is 18.2. The van der Waals surface area contributed by atoms with Crippen molar-refractivity contribution in [3.63, 3.8) is 0 Å². The molecule has 1 aromatic heterocycles. The number of hydrogen-bond acceptors (Lipinski definition) is 7. The lowest BCUT2D eigenvalue weighted by molar-refractivity contribution is 0.150. The van der Waals surface area contributed by atoms with Gasteiger partial charge in [-0.1, -0.05) is 12.1 Å². The van der Waals surface area contributed by atoms with Crippen molar-refractivity contribution in [2.75, 3.05) is 5.32 Å². The first kappa shape index (κ1) is 12.7. The predicted octanol–water partition coefficient (Wildman–Crippen LogP) is 0.914. The van der Waals surface area contributed by atoms with E-state index in [1.165, 1.54) is 0 Å². The Balaban J connectivity index is 1.98. The zero-order chi connectivity index (χ0) is 13.7. The van der Waals surface area contributed by atoms with Crippen molar-refractivity contribution in [1.82, 2.24) is 20.4 Å². The van der Waals surface area contributed by atoms with Gasteiger partial charge in [-0.3, -0.25) is 0 Å². The molecular weight excluding hydrogens is 248 g/mol. The van der Waals surface area contributed by atoms with Crippen LogP contribution in [-0.4, -0.2) is 26.5 Å². The Labute approximate surface area is 109 Å². The van der Waals surface area contributed by atoms with Gasteiger partial charge in [0.25, 0.3) is 5.95 Å². The lowest BCUT2D eigenvalue weighted by Gasteiger charge is -2.05. The van der Waals surface area contributed by atoms with Crippen LogP contribution in [0.4, 0.5) is 16.4 Å². The maximum Gasteiger partial charge on any atom is 0.404 e. The summed E-state index contributed by atoms with van der Waals surface area (Å²) in [7, 11) is 0. The normalized spacial score (nSPS) is 9.95. The molecule has 2 rings (SSSR count). The maximum atomic E-state index is 10.5. The molecule has 0 aliphatic heterocycles. The second kappa shape index (κ2) is 5.71. The third kappa shape index (κ3) is 3.87. The summed E-state index contributed by atoms with van der Waals surface area (Å²) in [6, 6.07) is 7.17. The van der Waals surface area contributed by atoms with Gasteiger partial charge < -0.3 is 15.8 Å². The number of ether oxygens (including phenoxy) is 1. The van der Waals surface area contributed by atoms with Crippen LogP contribution in [0.2, 0.25) is 0 Å². The number of aromatic nitrogens is 4.